The normalized spacial score (nSPS) is 19.8. The summed E-state index contributed by atoms with van der Waals surface area (Å²) in [6.45, 7) is 3.16. The second kappa shape index (κ2) is 5.81. The minimum Gasteiger partial charge on any atom is -0.467 e. The lowest BCUT2D eigenvalue weighted by Gasteiger charge is -2.12. The molecule has 0 bridgehead atoms. The van der Waals surface area contributed by atoms with Gasteiger partial charge in [-0.1, -0.05) is 0 Å². The van der Waals surface area contributed by atoms with Crippen molar-refractivity contribution >= 4 is 11.9 Å². The van der Waals surface area contributed by atoms with Gasteiger partial charge in [0.25, 0.3) is 0 Å². The first-order valence-electron chi connectivity index (χ1n) is 6.11. The highest BCUT2D eigenvalue weighted by Crippen LogP contribution is 2.15. The Bertz CT molecular complexity index is 377. The number of aromatic nitrogens is 3. The Hall–Kier alpha value is -1.63. The summed E-state index contributed by atoms with van der Waals surface area (Å²) in [5.74, 6) is 1.71. The van der Waals surface area contributed by atoms with Gasteiger partial charge in [0.2, 0.25) is 11.9 Å². The van der Waals surface area contributed by atoms with Gasteiger partial charge in [-0.05, 0) is 25.9 Å². The first-order valence-corrected chi connectivity index (χ1v) is 6.11. The molecule has 1 aromatic heterocycles. The predicted molar refractivity (Wildman–Crippen MR) is 70.0 cm³/mol. The molecular weight excluding hydrogens is 232 g/mol. The van der Waals surface area contributed by atoms with Crippen LogP contribution in [0.15, 0.2) is 0 Å². The number of likely N-dealkylation sites (tertiary alicyclic amines) is 1. The van der Waals surface area contributed by atoms with E-state index in [9.17, 15) is 0 Å². The summed E-state index contributed by atoms with van der Waals surface area (Å²) in [5, 5.41) is 6.13. The van der Waals surface area contributed by atoms with Crippen LogP contribution in [0.4, 0.5) is 11.9 Å². The monoisotopic (exact) mass is 252 g/mol. The van der Waals surface area contributed by atoms with Crippen molar-refractivity contribution in [2.75, 3.05) is 51.5 Å². The van der Waals surface area contributed by atoms with Gasteiger partial charge in [-0.25, -0.2) is 0 Å². The summed E-state index contributed by atoms with van der Waals surface area (Å²) >= 11 is 0. The van der Waals surface area contributed by atoms with Crippen molar-refractivity contribution < 1.29 is 4.74 Å². The standard InChI is InChI=1S/C11H20N6O/c1-12-9-14-10(16-11(15-9)18-3)13-6-8-4-5-17(2)7-8/h8H,4-7H2,1-3H3,(H2,12,13,14,15,16). The number of nitrogens with zero attached hydrogens (tertiary/aromatic N) is 4. The van der Waals surface area contributed by atoms with E-state index in [2.05, 4.69) is 37.5 Å². The Morgan fingerprint density at radius 1 is 1.33 bits per heavy atom. The van der Waals surface area contributed by atoms with E-state index in [0.717, 1.165) is 19.6 Å². The van der Waals surface area contributed by atoms with Gasteiger partial charge >= 0.3 is 6.01 Å². The lowest BCUT2D eigenvalue weighted by molar-refractivity contribution is 0.379. The highest BCUT2D eigenvalue weighted by atomic mass is 16.5. The molecule has 100 valence electrons. The lowest BCUT2D eigenvalue weighted by Crippen LogP contribution is -2.20. The van der Waals surface area contributed by atoms with E-state index in [1.54, 1.807) is 14.2 Å². The third-order valence-corrected chi connectivity index (χ3v) is 3.06. The molecule has 2 heterocycles. The van der Waals surface area contributed by atoms with Crippen molar-refractivity contribution in [1.29, 1.82) is 0 Å². The number of anilines is 2. The molecule has 1 fully saturated rings. The van der Waals surface area contributed by atoms with Crippen molar-refractivity contribution in [3.05, 3.63) is 0 Å². The molecule has 0 saturated carbocycles. The zero-order valence-corrected chi connectivity index (χ0v) is 11.1. The van der Waals surface area contributed by atoms with Gasteiger partial charge in [0.05, 0.1) is 7.11 Å². The quantitative estimate of drug-likeness (QED) is 0.779. The van der Waals surface area contributed by atoms with Crippen LogP contribution < -0.4 is 15.4 Å². The molecule has 1 saturated heterocycles. The van der Waals surface area contributed by atoms with Crippen LogP contribution in [0, 0.1) is 5.92 Å². The number of nitrogens with one attached hydrogen (secondary N) is 2. The largest absolute Gasteiger partial charge is 0.467 e. The van der Waals surface area contributed by atoms with E-state index in [4.69, 9.17) is 4.74 Å². The predicted octanol–water partition coefficient (Wildman–Crippen LogP) is 0.285. The Kier molecular flexibility index (Phi) is 4.14. The van der Waals surface area contributed by atoms with E-state index < -0.39 is 0 Å². The van der Waals surface area contributed by atoms with E-state index in [0.29, 0.717) is 23.8 Å². The van der Waals surface area contributed by atoms with Crippen LogP contribution in [0.3, 0.4) is 0 Å². The summed E-state index contributed by atoms with van der Waals surface area (Å²) < 4.78 is 5.04. The third kappa shape index (κ3) is 3.19. The first kappa shape index (κ1) is 12.8. The fraction of sp³-hybridized carbons (Fsp3) is 0.727. The van der Waals surface area contributed by atoms with Crippen molar-refractivity contribution in [1.82, 2.24) is 19.9 Å². The van der Waals surface area contributed by atoms with E-state index in [1.807, 2.05) is 0 Å². The van der Waals surface area contributed by atoms with Gasteiger partial charge in [-0.15, -0.1) is 0 Å². The number of methoxy groups -OCH3 is 1. The molecule has 1 aliphatic rings. The molecule has 2 N–H and O–H groups in total. The molecule has 7 nitrogen and oxygen atoms in total. The Morgan fingerprint density at radius 3 is 2.72 bits per heavy atom. The van der Waals surface area contributed by atoms with Gasteiger partial charge < -0.3 is 20.3 Å². The molecule has 0 aromatic carbocycles. The van der Waals surface area contributed by atoms with Crippen LogP contribution in [-0.4, -0.2) is 60.7 Å². The molecular formula is C11H20N6O. The summed E-state index contributed by atoms with van der Waals surface area (Å²) in [6, 6.07) is 0.320. The van der Waals surface area contributed by atoms with Gasteiger partial charge in [-0.3, -0.25) is 0 Å². The zero-order chi connectivity index (χ0) is 13.0. The molecule has 7 heteroatoms. The molecule has 1 unspecified atom stereocenters. The average molecular weight is 252 g/mol. The minimum absolute atomic E-state index is 0.320. The van der Waals surface area contributed by atoms with Gasteiger partial charge in [0.15, 0.2) is 0 Å². The molecule has 0 radical (unpaired) electrons. The zero-order valence-electron chi connectivity index (χ0n) is 11.1. The van der Waals surface area contributed by atoms with Crippen LogP contribution >= 0.6 is 0 Å². The van der Waals surface area contributed by atoms with Crippen LogP contribution in [0.1, 0.15) is 6.42 Å². The van der Waals surface area contributed by atoms with Gasteiger partial charge in [-0.2, -0.15) is 15.0 Å². The van der Waals surface area contributed by atoms with Crippen molar-refractivity contribution in [3.63, 3.8) is 0 Å². The highest BCUT2D eigenvalue weighted by Gasteiger charge is 2.19. The molecule has 1 aliphatic heterocycles. The summed E-state index contributed by atoms with van der Waals surface area (Å²) in [4.78, 5) is 14.8. The minimum atomic E-state index is 0.320. The number of ether oxygens (including phenoxy) is 1. The SMILES string of the molecule is CNc1nc(NCC2CCN(C)C2)nc(OC)n1. The van der Waals surface area contributed by atoms with Crippen LogP contribution in [-0.2, 0) is 0 Å². The Morgan fingerprint density at radius 2 is 2.11 bits per heavy atom. The van der Waals surface area contributed by atoms with Gasteiger partial charge in [0.1, 0.15) is 0 Å². The van der Waals surface area contributed by atoms with E-state index in [1.165, 1.54) is 6.42 Å². The third-order valence-electron chi connectivity index (χ3n) is 3.06. The summed E-state index contributed by atoms with van der Waals surface area (Å²) in [6.07, 6.45) is 1.21. The number of hydrogen-bond acceptors (Lipinski definition) is 7. The fourth-order valence-corrected chi connectivity index (χ4v) is 2.07. The first-order chi connectivity index (χ1) is 8.71. The van der Waals surface area contributed by atoms with Crippen molar-refractivity contribution in [3.8, 4) is 6.01 Å². The van der Waals surface area contributed by atoms with E-state index >= 15 is 0 Å². The molecule has 0 aliphatic carbocycles. The maximum Gasteiger partial charge on any atom is 0.322 e. The lowest BCUT2D eigenvalue weighted by atomic mass is 10.1. The van der Waals surface area contributed by atoms with Gasteiger partial charge in [0, 0.05) is 20.1 Å². The maximum absolute atomic E-state index is 5.04. The van der Waals surface area contributed by atoms with Crippen molar-refractivity contribution in [2.24, 2.45) is 5.92 Å². The summed E-state index contributed by atoms with van der Waals surface area (Å²) in [5.41, 5.74) is 0. The highest BCUT2D eigenvalue weighted by molar-refractivity contribution is 5.35. The Labute approximate surface area is 107 Å². The van der Waals surface area contributed by atoms with Crippen molar-refractivity contribution in [2.45, 2.75) is 6.42 Å². The fourth-order valence-electron chi connectivity index (χ4n) is 2.07. The second-order valence-corrected chi connectivity index (χ2v) is 4.52. The number of hydrogen-bond donors (Lipinski definition) is 2. The second-order valence-electron chi connectivity index (χ2n) is 4.52. The maximum atomic E-state index is 5.04. The molecule has 1 atom stereocenters. The summed E-state index contributed by atoms with van der Waals surface area (Å²) in [7, 11) is 5.46. The topological polar surface area (TPSA) is 75.2 Å². The smallest absolute Gasteiger partial charge is 0.322 e. The average Bonchev–Trinajstić information content (AvgIpc) is 2.81. The Balaban J connectivity index is 1.95. The van der Waals surface area contributed by atoms with Crippen LogP contribution in [0.5, 0.6) is 6.01 Å². The van der Waals surface area contributed by atoms with Crippen LogP contribution in [0.2, 0.25) is 0 Å². The molecule has 18 heavy (non-hydrogen) atoms. The molecule has 2 rings (SSSR count). The van der Waals surface area contributed by atoms with Crippen LogP contribution in [0.25, 0.3) is 0 Å². The molecule has 0 amide bonds. The molecule has 1 aromatic rings. The van der Waals surface area contributed by atoms with E-state index in [-0.39, 0.29) is 0 Å². The number of rotatable bonds is 5. The molecule has 0 spiro atoms.